The van der Waals surface area contributed by atoms with Crippen LogP contribution in [0, 0.1) is 13.8 Å². The molecule has 22 heavy (non-hydrogen) atoms. The van der Waals surface area contributed by atoms with Gasteiger partial charge < -0.3 is 4.42 Å². The maximum Gasteiger partial charge on any atom is 0.273 e. The quantitative estimate of drug-likeness (QED) is 0.853. The fourth-order valence-electron chi connectivity index (χ4n) is 2.28. The summed E-state index contributed by atoms with van der Waals surface area (Å²) in [4.78, 5) is 23.9. The van der Waals surface area contributed by atoms with Crippen LogP contribution in [0.5, 0.6) is 0 Å². The van der Waals surface area contributed by atoms with Gasteiger partial charge in [0.05, 0.1) is 5.56 Å². The third-order valence-corrected chi connectivity index (χ3v) is 3.46. The molecule has 0 radical (unpaired) electrons. The van der Waals surface area contributed by atoms with Gasteiger partial charge in [0.2, 0.25) is 5.91 Å². The number of carbonyl (C=O) groups excluding carboxylic acids is 2. The molecule has 2 amide bonds. The van der Waals surface area contributed by atoms with E-state index < -0.39 is 0 Å². The molecule has 0 aliphatic rings. The van der Waals surface area contributed by atoms with E-state index in [0.717, 1.165) is 5.56 Å². The highest BCUT2D eigenvalue weighted by Gasteiger charge is 2.15. The van der Waals surface area contributed by atoms with Gasteiger partial charge in [-0.2, -0.15) is 0 Å². The van der Waals surface area contributed by atoms with Crippen LogP contribution >= 0.6 is 0 Å². The van der Waals surface area contributed by atoms with Gasteiger partial charge in [-0.05, 0) is 31.4 Å². The number of benzene rings is 1. The molecule has 1 heterocycles. The molecule has 0 bridgehead atoms. The van der Waals surface area contributed by atoms with Crippen LogP contribution in [0.15, 0.2) is 40.8 Å². The summed E-state index contributed by atoms with van der Waals surface area (Å²) in [5.74, 6) is 0.655. The SMILES string of the molecule is Cc1cc(C(=O)NNC(=O)C[C@@H](C)c2ccccc2)c(C)o1. The van der Waals surface area contributed by atoms with Crippen molar-refractivity contribution in [3.05, 3.63) is 59.0 Å². The first-order valence-electron chi connectivity index (χ1n) is 7.18. The van der Waals surface area contributed by atoms with Gasteiger partial charge in [-0.1, -0.05) is 37.3 Å². The van der Waals surface area contributed by atoms with E-state index in [-0.39, 0.29) is 17.7 Å². The molecular formula is C17H20N2O3. The van der Waals surface area contributed by atoms with E-state index in [1.54, 1.807) is 19.9 Å². The van der Waals surface area contributed by atoms with Crippen LogP contribution in [0.1, 0.15) is 46.7 Å². The summed E-state index contributed by atoms with van der Waals surface area (Å²) in [6, 6.07) is 11.4. The summed E-state index contributed by atoms with van der Waals surface area (Å²) in [5.41, 5.74) is 6.36. The lowest BCUT2D eigenvalue weighted by molar-refractivity contribution is -0.122. The molecule has 0 fully saturated rings. The zero-order valence-electron chi connectivity index (χ0n) is 13.0. The minimum absolute atomic E-state index is 0.0796. The van der Waals surface area contributed by atoms with E-state index in [4.69, 9.17) is 4.42 Å². The average molecular weight is 300 g/mol. The molecule has 0 aliphatic heterocycles. The number of hydrogen-bond donors (Lipinski definition) is 2. The molecule has 1 atom stereocenters. The fraction of sp³-hybridized carbons (Fsp3) is 0.294. The molecule has 2 N–H and O–H groups in total. The van der Waals surface area contributed by atoms with Crippen LogP contribution in [0.3, 0.4) is 0 Å². The maximum absolute atomic E-state index is 12.0. The molecule has 116 valence electrons. The number of carbonyl (C=O) groups is 2. The molecule has 1 aromatic carbocycles. The van der Waals surface area contributed by atoms with Crippen molar-refractivity contribution in [3.63, 3.8) is 0 Å². The van der Waals surface area contributed by atoms with Crippen molar-refractivity contribution < 1.29 is 14.0 Å². The zero-order chi connectivity index (χ0) is 16.1. The lowest BCUT2D eigenvalue weighted by Crippen LogP contribution is -2.42. The van der Waals surface area contributed by atoms with Crippen molar-refractivity contribution >= 4 is 11.8 Å². The first-order valence-corrected chi connectivity index (χ1v) is 7.18. The second-order valence-corrected chi connectivity index (χ2v) is 5.35. The molecule has 5 heteroatoms. The lowest BCUT2D eigenvalue weighted by Gasteiger charge is -2.12. The van der Waals surface area contributed by atoms with Crippen molar-refractivity contribution in [2.24, 2.45) is 0 Å². The molecule has 0 saturated heterocycles. The van der Waals surface area contributed by atoms with Crippen LogP contribution in [-0.4, -0.2) is 11.8 Å². The van der Waals surface area contributed by atoms with Gasteiger partial charge in [-0.15, -0.1) is 0 Å². The van der Waals surface area contributed by atoms with Gasteiger partial charge in [0.15, 0.2) is 0 Å². The lowest BCUT2D eigenvalue weighted by atomic mass is 9.98. The van der Waals surface area contributed by atoms with Gasteiger partial charge in [0.1, 0.15) is 11.5 Å². The summed E-state index contributed by atoms with van der Waals surface area (Å²) < 4.78 is 5.29. The van der Waals surface area contributed by atoms with Crippen molar-refractivity contribution in [2.45, 2.75) is 33.1 Å². The summed E-state index contributed by atoms with van der Waals surface area (Å²) >= 11 is 0. The Morgan fingerprint density at radius 3 is 2.41 bits per heavy atom. The smallest absolute Gasteiger partial charge is 0.273 e. The molecule has 2 aromatic rings. The van der Waals surface area contributed by atoms with Crippen molar-refractivity contribution in [1.82, 2.24) is 10.9 Å². The highest BCUT2D eigenvalue weighted by atomic mass is 16.3. The summed E-state index contributed by atoms with van der Waals surface area (Å²) in [5, 5.41) is 0. The number of furan rings is 1. The number of hydrogen-bond acceptors (Lipinski definition) is 3. The highest BCUT2D eigenvalue weighted by Crippen LogP contribution is 2.18. The highest BCUT2D eigenvalue weighted by molar-refractivity contribution is 5.96. The summed E-state index contributed by atoms with van der Waals surface area (Å²) in [6.45, 7) is 5.45. The summed E-state index contributed by atoms with van der Waals surface area (Å²) in [6.07, 6.45) is 0.299. The van der Waals surface area contributed by atoms with Crippen LogP contribution in [0.2, 0.25) is 0 Å². The molecule has 1 aromatic heterocycles. The Balaban J connectivity index is 1.85. The van der Waals surface area contributed by atoms with Gasteiger partial charge in [-0.25, -0.2) is 0 Å². The second kappa shape index (κ2) is 6.93. The van der Waals surface area contributed by atoms with E-state index >= 15 is 0 Å². The van der Waals surface area contributed by atoms with Crippen LogP contribution in [-0.2, 0) is 4.79 Å². The maximum atomic E-state index is 12.0. The minimum Gasteiger partial charge on any atom is -0.466 e. The number of hydrazine groups is 1. The molecule has 2 rings (SSSR count). The Bertz CT molecular complexity index is 662. The van der Waals surface area contributed by atoms with Crippen LogP contribution < -0.4 is 10.9 Å². The van der Waals surface area contributed by atoms with E-state index in [2.05, 4.69) is 10.9 Å². The number of amides is 2. The Hall–Kier alpha value is -2.56. The minimum atomic E-state index is -0.380. The molecule has 0 spiro atoms. The van der Waals surface area contributed by atoms with Crippen molar-refractivity contribution in [2.75, 3.05) is 0 Å². The standard InChI is InChI=1S/C17H20N2O3/c1-11(14-7-5-4-6-8-14)9-16(20)18-19-17(21)15-10-12(2)22-13(15)3/h4-8,10-11H,9H2,1-3H3,(H,18,20)(H,19,21)/t11-/m1/s1. The van der Waals surface area contributed by atoms with E-state index in [1.165, 1.54) is 0 Å². The third kappa shape index (κ3) is 3.97. The number of rotatable bonds is 4. The van der Waals surface area contributed by atoms with Crippen molar-refractivity contribution in [3.8, 4) is 0 Å². The van der Waals surface area contributed by atoms with E-state index in [0.29, 0.717) is 23.5 Å². The van der Waals surface area contributed by atoms with Crippen LogP contribution in [0.4, 0.5) is 0 Å². The monoisotopic (exact) mass is 300 g/mol. The van der Waals surface area contributed by atoms with Gasteiger partial charge in [0.25, 0.3) is 5.91 Å². The summed E-state index contributed by atoms with van der Waals surface area (Å²) in [7, 11) is 0. The Morgan fingerprint density at radius 1 is 1.14 bits per heavy atom. The largest absolute Gasteiger partial charge is 0.466 e. The van der Waals surface area contributed by atoms with E-state index in [9.17, 15) is 9.59 Å². The van der Waals surface area contributed by atoms with Gasteiger partial charge in [-0.3, -0.25) is 20.4 Å². The van der Waals surface area contributed by atoms with E-state index in [1.807, 2.05) is 37.3 Å². The topological polar surface area (TPSA) is 71.3 Å². The molecular weight excluding hydrogens is 280 g/mol. The number of nitrogens with one attached hydrogen (secondary N) is 2. The predicted octanol–water partition coefficient (Wildman–Crippen LogP) is 2.85. The van der Waals surface area contributed by atoms with Crippen LogP contribution in [0.25, 0.3) is 0 Å². The molecule has 0 unspecified atom stereocenters. The normalized spacial score (nSPS) is 11.8. The third-order valence-electron chi connectivity index (χ3n) is 3.46. The predicted molar refractivity (Wildman–Crippen MR) is 83.3 cm³/mol. The Labute approximate surface area is 129 Å². The number of aryl methyl sites for hydroxylation is 2. The molecule has 0 aliphatic carbocycles. The van der Waals surface area contributed by atoms with Crippen molar-refractivity contribution in [1.29, 1.82) is 0 Å². The second-order valence-electron chi connectivity index (χ2n) is 5.35. The zero-order valence-corrected chi connectivity index (χ0v) is 13.0. The van der Waals surface area contributed by atoms with Gasteiger partial charge >= 0.3 is 0 Å². The first-order chi connectivity index (χ1) is 10.5. The Morgan fingerprint density at radius 2 is 1.82 bits per heavy atom. The van der Waals surface area contributed by atoms with Gasteiger partial charge in [0, 0.05) is 6.42 Å². The Kier molecular flexibility index (Phi) is 4.99. The molecule has 0 saturated carbocycles. The average Bonchev–Trinajstić information content (AvgIpc) is 2.84. The fourth-order valence-corrected chi connectivity index (χ4v) is 2.28. The first kappa shape index (κ1) is 15.8. The molecule has 5 nitrogen and oxygen atoms in total.